The highest BCUT2D eigenvalue weighted by Crippen LogP contribution is 2.27. The molecule has 0 aliphatic carbocycles. The fourth-order valence-electron chi connectivity index (χ4n) is 1.73. The van der Waals surface area contributed by atoms with Gasteiger partial charge in [0, 0.05) is 27.8 Å². The van der Waals surface area contributed by atoms with Gasteiger partial charge in [0.2, 0.25) is 0 Å². The number of hydrogen-bond donors (Lipinski definition) is 0. The van der Waals surface area contributed by atoms with Crippen molar-refractivity contribution in [3.63, 3.8) is 0 Å². The van der Waals surface area contributed by atoms with Crippen molar-refractivity contribution >= 4 is 15.9 Å². The Bertz CT molecular complexity index is 209. The highest BCUT2D eigenvalue weighted by atomic mass is 79.9. The summed E-state index contributed by atoms with van der Waals surface area (Å²) in [6, 6.07) is 0. The zero-order valence-corrected chi connectivity index (χ0v) is 14.0. The molecule has 0 radical (unpaired) electrons. The quantitative estimate of drug-likeness (QED) is 0.456. The van der Waals surface area contributed by atoms with Crippen LogP contribution in [0.15, 0.2) is 0 Å². The second-order valence-electron chi connectivity index (χ2n) is 4.79. The number of halogens is 1. The predicted octanol–water partition coefficient (Wildman–Crippen LogP) is 3.33. The van der Waals surface area contributed by atoms with E-state index in [-0.39, 0.29) is 6.10 Å². The maximum atomic E-state index is 5.99. The van der Waals surface area contributed by atoms with E-state index in [1.807, 2.05) is 13.8 Å². The van der Waals surface area contributed by atoms with Crippen LogP contribution in [0.25, 0.3) is 0 Å². The molecule has 0 amide bonds. The summed E-state index contributed by atoms with van der Waals surface area (Å²) in [7, 11) is 4.94. The molecule has 0 aromatic heterocycles. The van der Waals surface area contributed by atoms with Crippen LogP contribution in [0.1, 0.15) is 40.0 Å². The number of rotatable bonds is 10. The lowest BCUT2D eigenvalue weighted by molar-refractivity contribution is -0.258. The lowest BCUT2D eigenvalue weighted by Crippen LogP contribution is -2.43. The highest BCUT2D eigenvalue weighted by Gasteiger charge is 2.34. The predicted molar refractivity (Wildman–Crippen MR) is 76.0 cm³/mol. The number of alkyl halides is 1. The molecule has 0 aromatic carbocycles. The van der Waals surface area contributed by atoms with E-state index in [9.17, 15) is 0 Å². The third-order valence-corrected chi connectivity index (χ3v) is 3.89. The fourth-order valence-corrected chi connectivity index (χ4v) is 2.42. The normalized spacial score (nSPS) is 14.8. The molecule has 0 N–H and O–H groups in total. The molecule has 1 atom stereocenters. The number of hydrogen-bond acceptors (Lipinski definition) is 4. The fraction of sp³-hybridized carbons (Fsp3) is 1.00. The Morgan fingerprint density at radius 3 is 1.94 bits per heavy atom. The van der Waals surface area contributed by atoms with Crippen LogP contribution in [0.5, 0.6) is 0 Å². The lowest BCUT2D eigenvalue weighted by Gasteiger charge is -2.36. The summed E-state index contributed by atoms with van der Waals surface area (Å²) in [5.41, 5.74) is 0. The molecule has 4 nitrogen and oxygen atoms in total. The van der Waals surface area contributed by atoms with Crippen LogP contribution in [0.2, 0.25) is 0 Å². The van der Waals surface area contributed by atoms with E-state index < -0.39 is 11.6 Å². The van der Waals surface area contributed by atoms with Gasteiger partial charge in [-0.25, -0.2) is 0 Å². The van der Waals surface area contributed by atoms with Crippen molar-refractivity contribution in [3.05, 3.63) is 0 Å². The van der Waals surface area contributed by atoms with Gasteiger partial charge >= 0.3 is 0 Å². The Balaban J connectivity index is 4.69. The van der Waals surface area contributed by atoms with Gasteiger partial charge in [0.15, 0.2) is 11.6 Å². The third kappa shape index (κ3) is 5.97. The van der Waals surface area contributed by atoms with Gasteiger partial charge in [-0.1, -0.05) is 29.3 Å². The number of ether oxygens (including phenoxy) is 4. The maximum Gasteiger partial charge on any atom is 0.179 e. The minimum Gasteiger partial charge on any atom is -0.354 e. The summed E-state index contributed by atoms with van der Waals surface area (Å²) in [6.45, 7) is 5.95. The third-order valence-electron chi connectivity index (χ3n) is 3.04. The largest absolute Gasteiger partial charge is 0.354 e. The molecule has 0 fully saturated rings. The minimum absolute atomic E-state index is 0.0300. The second kappa shape index (κ2) is 8.48. The molecule has 0 aromatic rings. The summed E-state index contributed by atoms with van der Waals surface area (Å²) < 4.78 is 22.2. The first-order valence-electron chi connectivity index (χ1n) is 6.27. The van der Waals surface area contributed by atoms with Crippen LogP contribution in [-0.4, -0.2) is 44.3 Å². The molecule has 0 bridgehead atoms. The Hall–Kier alpha value is 0.320. The van der Waals surface area contributed by atoms with Crippen molar-refractivity contribution in [2.45, 2.75) is 57.7 Å². The average molecular weight is 327 g/mol. The molecule has 0 aliphatic heterocycles. The van der Waals surface area contributed by atoms with E-state index >= 15 is 0 Å². The van der Waals surface area contributed by atoms with Gasteiger partial charge in [-0.2, -0.15) is 0 Å². The molecule has 18 heavy (non-hydrogen) atoms. The average Bonchev–Trinajstić information content (AvgIpc) is 2.36. The van der Waals surface area contributed by atoms with Gasteiger partial charge in [0.05, 0.1) is 11.4 Å². The first-order chi connectivity index (χ1) is 8.38. The van der Waals surface area contributed by atoms with Crippen molar-refractivity contribution in [1.29, 1.82) is 0 Å². The number of methoxy groups -OCH3 is 3. The molecular weight excluding hydrogens is 300 g/mol. The SMILES string of the molecule is CCCC(CC(CBr)(OC)OC)OC(C)(C)OC. The molecule has 0 heterocycles. The first-order valence-corrected chi connectivity index (χ1v) is 7.40. The van der Waals surface area contributed by atoms with Gasteiger partial charge < -0.3 is 18.9 Å². The lowest BCUT2D eigenvalue weighted by atomic mass is 10.0. The molecular formula is C13H27BrO4. The molecule has 0 spiro atoms. The van der Waals surface area contributed by atoms with E-state index in [4.69, 9.17) is 18.9 Å². The van der Waals surface area contributed by atoms with Crippen LogP contribution < -0.4 is 0 Å². The van der Waals surface area contributed by atoms with Crippen molar-refractivity contribution in [2.24, 2.45) is 0 Å². The van der Waals surface area contributed by atoms with Crippen LogP contribution in [-0.2, 0) is 18.9 Å². The monoisotopic (exact) mass is 326 g/mol. The van der Waals surface area contributed by atoms with Gasteiger partial charge in [-0.15, -0.1) is 0 Å². The van der Waals surface area contributed by atoms with Gasteiger partial charge in [-0.05, 0) is 20.3 Å². The van der Waals surface area contributed by atoms with Crippen LogP contribution in [0.4, 0.5) is 0 Å². The summed E-state index contributed by atoms with van der Waals surface area (Å²) in [5, 5.41) is 0.601. The van der Waals surface area contributed by atoms with E-state index in [2.05, 4.69) is 22.9 Å². The van der Waals surface area contributed by atoms with E-state index in [1.54, 1.807) is 21.3 Å². The van der Waals surface area contributed by atoms with E-state index in [0.29, 0.717) is 11.8 Å². The van der Waals surface area contributed by atoms with Crippen molar-refractivity contribution in [1.82, 2.24) is 0 Å². The molecule has 1 unspecified atom stereocenters. The zero-order chi connectivity index (χ0) is 14.2. The van der Waals surface area contributed by atoms with Gasteiger partial charge in [0.25, 0.3) is 0 Å². The summed E-state index contributed by atoms with van der Waals surface area (Å²) in [5.74, 6) is -1.25. The van der Waals surface area contributed by atoms with Crippen molar-refractivity contribution < 1.29 is 18.9 Å². The standard InChI is InChI=1S/C13H27BrO4/c1-7-8-11(18-12(2,3)15-4)9-13(10-14,16-5)17-6/h11H,7-10H2,1-6H3. The second-order valence-corrected chi connectivity index (χ2v) is 5.35. The Kier molecular flexibility index (Phi) is 8.63. The molecule has 5 heteroatoms. The molecule has 110 valence electrons. The summed E-state index contributed by atoms with van der Waals surface area (Å²) in [4.78, 5) is 0. The maximum absolute atomic E-state index is 5.99. The molecule has 0 rings (SSSR count). The van der Waals surface area contributed by atoms with Gasteiger partial charge in [-0.3, -0.25) is 0 Å². The smallest absolute Gasteiger partial charge is 0.179 e. The first kappa shape index (κ1) is 18.3. The molecule has 0 saturated heterocycles. The van der Waals surface area contributed by atoms with Gasteiger partial charge in [0.1, 0.15) is 0 Å². The Labute approximate surface area is 119 Å². The zero-order valence-electron chi connectivity index (χ0n) is 12.4. The topological polar surface area (TPSA) is 36.9 Å². The van der Waals surface area contributed by atoms with E-state index in [0.717, 1.165) is 12.8 Å². The molecule has 0 aliphatic rings. The Morgan fingerprint density at radius 2 is 1.61 bits per heavy atom. The summed E-state index contributed by atoms with van der Waals surface area (Å²) in [6.07, 6.45) is 2.67. The van der Waals surface area contributed by atoms with Crippen LogP contribution >= 0.6 is 15.9 Å². The van der Waals surface area contributed by atoms with Crippen molar-refractivity contribution in [2.75, 3.05) is 26.7 Å². The van der Waals surface area contributed by atoms with Crippen molar-refractivity contribution in [3.8, 4) is 0 Å². The Morgan fingerprint density at radius 1 is 1.06 bits per heavy atom. The summed E-state index contributed by atoms with van der Waals surface area (Å²) >= 11 is 3.43. The minimum atomic E-state index is -0.649. The molecule has 0 saturated carbocycles. The highest BCUT2D eigenvalue weighted by molar-refractivity contribution is 9.09. The van der Waals surface area contributed by atoms with Crippen LogP contribution in [0.3, 0.4) is 0 Å². The van der Waals surface area contributed by atoms with Crippen LogP contribution in [0, 0.1) is 0 Å². The van der Waals surface area contributed by atoms with E-state index in [1.165, 1.54) is 0 Å².